The molecule has 0 aliphatic carbocycles. The number of rotatable bonds is 9. The number of pyridine rings is 1. The molecule has 0 bridgehead atoms. The van der Waals surface area contributed by atoms with Crippen LogP contribution in [0.1, 0.15) is 27.9 Å². The zero-order valence-corrected chi connectivity index (χ0v) is 21.1. The molecule has 1 aliphatic rings. The maximum atomic E-state index is 13.6. The fourth-order valence-electron chi connectivity index (χ4n) is 4.87. The summed E-state index contributed by atoms with van der Waals surface area (Å²) in [6.07, 6.45) is 9.75. The number of carbonyl (C=O) groups is 1. The van der Waals surface area contributed by atoms with Crippen molar-refractivity contribution in [2.45, 2.75) is 12.8 Å². The Kier molecular flexibility index (Phi) is 8.04. The first-order chi connectivity index (χ1) is 18.6. The van der Waals surface area contributed by atoms with E-state index in [2.05, 4.69) is 32.5 Å². The molecule has 5 nitrogen and oxygen atoms in total. The average molecular weight is 513 g/mol. The second kappa shape index (κ2) is 12.0. The molecule has 5 rings (SSSR count). The number of benzene rings is 2. The summed E-state index contributed by atoms with van der Waals surface area (Å²) >= 11 is 0. The first kappa shape index (κ1) is 25.5. The lowest BCUT2D eigenvalue weighted by atomic mass is 9.92. The largest absolute Gasteiger partial charge is 0.360 e. The molecule has 194 valence electrons. The number of H-pyrrole nitrogens is 1. The third-order valence-electron chi connectivity index (χ3n) is 6.93. The van der Waals surface area contributed by atoms with Crippen molar-refractivity contribution in [2.24, 2.45) is 0 Å². The number of alkyl halides is 1. The normalized spacial score (nSPS) is 13.8. The second-order valence-electron chi connectivity index (χ2n) is 9.37. The van der Waals surface area contributed by atoms with Crippen LogP contribution in [0.2, 0.25) is 0 Å². The zero-order chi connectivity index (χ0) is 26.3. The molecule has 0 atom stereocenters. The van der Waals surface area contributed by atoms with Gasteiger partial charge in [0.2, 0.25) is 0 Å². The van der Waals surface area contributed by atoms with Crippen LogP contribution in [0.25, 0.3) is 28.0 Å². The van der Waals surface area contributed by atoms with E-state index in [1.54, 1.807) is 36.7 Å². The second-order valence-corrected chi connectivity index (χ2v) is 9.37. The predicted octanol–water partition coefficient (Wildman–Crippen LogP) is 5.91. The van der Waals surface area contributed by atoms with Crippen molar-refractivity contribution in [1.82, 2.24) is 20.2 Å². The molecule has 2 aromatic heterocycles. The lowest BCUT2D eigenvalue weighted by Gasteiger charge is -2.26. The van der Waals surface area contributed by atoms with Gasteiger partial charge in [-0.25, -0.2) is 8.78 Å². The Labute approximate surface area is 221 Å². The average Bonchev–Trinajstić information content (AvgIpc) is 3.41. The molecule has 1 aliphatic heterocycles. The third-order valence-corrected chi connectivity index (χ3v) is 6.93. The molecule has 0 radical (unpaired) electrons. The van der Waals surface area contributed by atoms with Gasteiger partial charge in [-0.15, -0.1) is 0 Å². The molecule has 2 aromatic carbocycles. The van der Waals surface area contributed by atoms with Crippen LogP contribution in [-0.4, -0.2) is 53.6 Å². The van der Waals surface area contributed by atoms with Crippen molar-refractivity contribution in [3.63, 3.8) is 0 Å². The summed E-state index contributed by atoms with van der Waals surface area (Å²) in [6, 6.07) is 18.1. The minimum Gasteiger partial charge on any atom is -0.360 e. The predicted molar refractivity (Wildman–Crippen MR) is 147 cm³/mol. The Morgan fingerprint density at radius 1 is 1.00 bits per heavy atom. The summed E-state index contributed by atoms with van der Waals surface area (Å²) in [4.78, 5) is 22.0. The summed E-state index contributed by atoms with van der Waals surface area (Å²) in [7, 11) is 0. The van der Waals surface area contributed by atoms with Crippen molar-refractivity contribution in [2.75, 3.05) is 32.9 Å². The van der Waals surface area contributed by atoms with Gasteiger partial charge in [-0.2, -0.15) is 0 Å². The Hall–Kier alpha value is -4.10. The van der Waals surface area contributed by atoms with Crippen LogP contribution in [0.4, 0.5) is 8.78 Å². The maximum Gasteiger partial charge on any atom is 0.251 e. The number of carbonyl (C=O) groups excluding carboxylic acids is 1. The van der Waals surface area contributed by atoms with Crippen molar-refractivity contribution in [3.05, 3.63) is 108 Å². The summed E-state index contributed by atoms with van der Waals surface area (Å²) in [5.41, 5.74) is 8.25. The molecule has 0 unspecified atom stereocenters. The minimum absolute atomic E-state index is 0.0331. The van der Waals surface area contributed by atoms with E-state index in [1.807, 2.05) is 24.3 Å². The highest BCUT2D eigenvalue weighted by Gasteiger charge is 2.20. The first-order valence-corrected chi connectivity index (χ1v) is 12.8. The number of aromatic nitrogens is 2. The van der Waals surface area contributed by atoms with Gasteiger partial charge in [0.15, 0.2) is 0 Å². The number of aromatic amines is 1. The fraction of sp³-hybridized carbons (Fsp3) is 0.226. The number of hydrogen-bond donors (Lipinski definition) is 2. The van der Waals surface area contributed by atoms with E-state index < -0.39 is 6.67 Å². The van der Waals surface area contributed by atoms with Crippen LogP contribution >= 0.6 is 0 Å². The van der Waals surface area contributed by atoms with Crippen LogP contribution in [0, 0.1) is 5.82 Å². The monoisotopic (exact) mass is 512 g/mol. The van der Waals surface area contributed by atoms with Crippen molar-refractivity contribution >= 4 is 11.5 Å². The molecule has 3 heterocycles. The van der Waals surface area contributed by atoms with Gasteiger partial charge in [-0.3, -0.25) is 14.7 Å². The highest BCUT2D eigenvalue weighted by atomic mass is 19.1. The van der Waals surface area contributed by atoms with Crippen molar-refractivity contribution < 1.29 is 13.6 Å². The number of amides is 1. The van der Waals surface area contributed by atoms with Crippen LogP contribution in [-0.2, 0) is 6.42 Å². The van der Waals surface area contributed by atoms with Crippen molar-refractivity contribution in [1.29, 1.82) is 0 Å². The van der Waals surface area contributed by atoms with Gasteiger partial charge in [0.05, 0.1) is 5.69 Å². The standard InChI is InChI=1S/C31H30F2N4O/c32-14-17-35-31(38)26-3-1-22(2-4-26)11-18-37-19-12-23(13-20-37)28-21-36-30(25-5-7-27(33)8-6-25)29(28)24-9-15-34-16-10-24/h1-10,12,15-16,21,36H,11,13-14,17-20H2,(H,35,38). The highest BCUT2D eigenvalue weighted by molar-refractivity contribution is 5.94. The third kappa shape index (κ3) is 5.89. The van der Waals surface area contributed by atoms with Crippen LogP contribution in [0.15, 0.2) is 85.3 Å². The van der Waals surface area contributed by atoms with Gasteiger partial charge in [0, 0.05) is 61.5 Å². The summed E-state index contributed by atoms with van der Waals surface area (Å²) < 4.78 is 25.8. The van der Waals surface area contributed by atoms with E-state index in [1.165, 1.54) is 17.7 Å². The van der Waals surface area contributed by atoms with E-state index in [4.69, 9.17) is 0 Å². The van der Waals surface area contributed by atoms with E-state index in [0.29, 0.717) is 5.56 Å². The molecular formula is C31H30F2N4O. The summed E-state index contributed by atoms with van der Waals surface area (Å²) in [5.74, 6) is -0.502. The number of halogens is 2. The van der Waals surface area contributed by atoms with Gasteiger partial charge < -0.3 is 10.3 Å². The van der Waals surface area contributed by atoms with Gasteiger partial charge in [0.25, 0.3) is 5.91 Å². The van der Waals surface area contributed by atoms with Gasteiger partial charge in [0.1, 0.15) is 12.5 Å². The molecule has 4 aromatic rings. The molecule has 1 amide bonds. The fourth-order valence-corrected chi connectivity index (χ4v) is 4.87. The molecule has 2 N–H and O–H groups in total. The first-order valence-electron chi connectivity index (χ1n) is 12.8. The molecule has 0 saturated heterocycles. The number of nitrogens with one attached hydrogen (secondary N) is 2. The van der Waals surface area contributed by atoms with Gasteiger partial charge in [-0.1, -0.05) is 18.2 Å². The van der Waals surface area contributed by atoms with Crippen LogP contribution in [0.3, 0.4) is 0 Å². The van der Waals surface area contributed by atoms with E-state index in [0.717, 1.165) is 66.0 Å². The van der Waals surface area contributed by atoms with Crippen LogP contribution < -0.4 is 5.32 Å². The zero-order valence-electron chi connectivity index (χ0n) is 21.1. The van der Waals surface area contributed by atoms with Crippen molar-refractivity contribution in [3.8, 4) is 22.4 Å². The molecular weight excluding hydrogens is 482 g/mol. The molecule has 38 heavy (non-hydrogen) atoms. The maximum absolute atomic E-state index is 13.6. The molecule has 0 spiro atoms. The lowest BCUT2D eigenvalue weighted by molar-refractivity contribution is 0.0951. The number of nitrogens with zero attached hydrogens (tertiary/aromatic N) is 2. The summed E-state index contributed by atoms with van der Waals surface area (Å²) in [5, 5.41) is 2.55. The highest BCUT2D eigenvalue weighted by Crippen LogP contribution is 2.39. The van der Waals surface area contributed by atoms with E-state index in [-0.39, 0.29) is 18.3 Å². The van der Waals surface area contributed by atoms with E-state index in [9.17, 15) is 13.6 Å². The Morgan fingerprint density at radius 2 is 1.76 bits per heavy atom. The SMILES string of the molecule is O=C(NCCF)c1ccc(CCN2CC=C(c3c[nH]c(-c4ccc(F)cc4)c3-c3ccncc3)CC2)cc1. The quantitative estimate of drug-likeness (QED) is 0.293. The van der Waals surface area contributed by atoms with Crippen LogP contribution in [0.5, 0.6) is 0 Å². The Morgan fingerprint density at radius 3 is 2.45 bits per heavy atom. The number of hydrogen-bond acceptors (Lipinski definition) is 3. The Bertz CT molecular complexity index is 1400. The Balaban J connectivity index is 1.28. The topological polar surface area (TPSA) is 61.0 Å². The lowest BCUT2D eigenvalue weighted by Crippen LogP contribution is -2.30. The van der Waals surface area contributed by atoms with Gasteiger partial charge >= 0.3 is 0 Å². The van der Waals surface area contributed by atoms with E-state index >= 15 is 0 Å². The molecule has 0 fully saturated rings. The molecule has 7 heteroatoms. The smallest absolute Gasteiger partial charge is 0.251 e. The molecule has 0 saturated carbocycles. The minimum atomic E-state index is -0.569. The van der Waals surface area contributed by atoms with Gasteiger partial charge in [-0.05, 0) is 83.6 Å². The summed E-state index contributed by atoms with van der Waals surface area (Å²) in [6.45, 7) is 2.18.